The van der Waals surface area contributed by atoms with Gasteiger partial charge in [0, 0.05) is 23.6 Å². The van der Waals surface area contributed by atoms with Gasteiger partial charge in [-0.05, 0) is 25.7 Å². The Kier molecular flexibility index (Phi) is 11.0. The summed E-state index contributed by atoms with van der Waals surface area (Å²) in [7, 11) is 0. The van der Waals surface area contributed by atoms with Crippen LogP contribution >= 0.6 is 0 Å². The first-order valence-electron chi connectivity index (χ1n) is 10.1. The van der Waals surface area contributed by atoms with Crippen LogP contribution in [0.1, 0.15) is 83.1 Å². The quantitative estimate of drug-likeness (QED) is 0.302. The number of aliphatic hydroxyl groups is 3. The number of benzene rings is 1. The highest BCUT2D eigenvalue weighted by molar-refractivity contribution is 5.20. The lowest BCUT2D eigenvalue weighted by Gasteiger charge is -2.26. The molecule has 0 aliphatic heterocycles. The Bertz CT molecular complexity index is 521. The summed E-state index contributed by atoms with van der Waals surface area (Å²) in [6, 6.07) is 1.35. The molecular weight excluding hydrogens is 357 g/mol. The minimum absolute atomic E-state index is 0.124. The van der Waals surface area contributed by atoms with Crippen molar-refractivity contribution in [2.75, 3.05) is 0 Å². The molecule has 0 spiro atoms. The number of unbranched alkanes of at least 4 members (excludes halogenated alkanes) is 7. The first-order chi connectivity index (χ1) is 12.8. The van der Waals surface area contributed by atoms with Crippen molar-refractivity contribution in [2.24, 2.45) is 5.92 Å². The summed E-state index contributed by atoms with van der Waals surface area (Å²) >= 11 is 0. The van der Waals surface area contributed by atoms with Gasteiger partial charge in [0.15, 0.2) is 0 Å². The zero-order valence-electron chi connectivity index (χ0n) is 16.2. The Hall–Kier alpha value is -1.11. The molecule has 0 fully saturated rings. The number of rotatable bonds is 14. The SMILES string of the molecule is CCCCCCCCC(CCCCCc1c(F)cc(F)cc1F)C(O)(O)O. The number of hydrogen-bond donors (Lipinski definition) is 3. The van der Waals surface area contributed by atoms with Gasteiger partial charge in [0.05, 0.1) is 0 Å². The molecule has 3 nitrogen and oxygen atoms in total. The van der Waals surface area contributed by atoms with Crippen molar-refractivity contribution in [1.29, 1.82) is 0 Å². The molecule has 1 unspecified atom stereocenters. The van der Waals surface area contributed by atoms with Gasteiger partial charge < -0.3 is 15.3 Å². The van der Waals surface area contributed by atoms with Crippen LogP contribution in [0.15, 0.2) is 12.1 Å². The maximum Gasteiger partial charge on any atom is 0.278 e. The number of halogens is 3. The van der Waals surface area contributed by atoms with Gasteiger partial charge in [-0.3, -0.25) is 0 Å². The zero-order chi connectivity index (χ0) is 20.3. The van der Waals surface area contributed by atoms with Crippen LogP contribution in [0.2, 0.25) is 0 Å². The fourth-order valence-corrected chi connectivity index (χ4v) is 3.38. The second kappa shape index (κ2) is 12.4. The second-order valence-corrected chi connectivity index (χ2v) is 7.39. The van der Waals surface area contributed by atoms with Crippen molar-refractivity contribution in [3.05, 3.63) is 35.1 Å². The van der Waals surface area contributed by atoms with Crippen LogP contribution in [0.4, 0.5) is 13.2 Å². The van der Waals surface area contributed by atoms with Crippen molar-refractivity contribution >= 4 is 0 Å². The third-order valence-electron chi connectivity index (χ3n) is 5.04. The topological polar surface area (TPSA) is 60.7 Å². The molecular formula is C21H33F3O3. The van der Waals surface area contributed by atoms with E-state index in [1.165, 1.54) is 19.3 Å². The first-order valence-corrected chi connectivity index (χ1v) is 10.1. The molecule has 0 saturated heterocycles. The normalized spacial score (nSPS) is 13.1. The molecule has 0 radical (unpaired) electrons. The molecule has 1 aromatic rings. The Morgan fingerprint density at radius 1 is 0.778 bits per heavy atom. The second-order valence-electron chi connectivity index (χ2n) is 7.39. The smallest absolute Gasteiger partial charge is 0.278 e. The monoisotopic (exact) mass is 390 g/mol. The van der Waals surface area contributed by atoms with E-state index in [2.05, 4.69) is 6.92 Å². The van der Waals surface area contributed by atoms with Gasteiger partial charge in [0.2, 0.25) is 0 Å². The van der Waals surface area contributed by atoms with E-state index in [4.69, 9.17) is 0 Å². The van der Waals surface area contributed by atoms with E-state index in [0.717, 1.165) is 19.3 Å². The molecule has 0 saturated carbocycles. The van der Waals surface area contributed by atoms with Crippen molar-refractivity contribution < 1.29 is 28.5 Å². The summed E-state index contributed by atoms with van der Waals surface area (Å²) in [5.74, 6) is -6.03. The molecule has 0 amide bonds. The third-order valence-corrected chi connectivity index (χ3v) is 5.04. The molecule has 0 aliphatic carbocycles. The van der Waals surface area contributed by atoms with Crippen LogP contribution in [-0.4, -0.2) is 21.3 Å². The van der Waals surface area contributed by atoms with E-state index in [1.54, 1.807) is 0 Å². The van der Waals surface area contributed by atoms with Crippen molar-refractivity contribution in [2.45, 2.75) is 89.9 Å². The van der Waals surface area contributed by atoms with Gasteiger partial charge in [-0.2, -0.15) is 0 Å². The van der Waals surface area contributed by atoms with Crippen molar-refractivity contribution in [3.8, 4) is 0 Å². The van der Waals surface area contributed by atoms with Crippen molar-refractivity contribution in [1.82, 2.24) is 0 Å². The van der Waals surface area contributed by atoms with Gasteiger partial charge in [-0.15, -0.1) is 0 Å². The van der Waals surface area contributed by atoms with E-state index in [1.807, 2.05) is 0 Å². The van der Waals surface area contributed by atoms with E-state index in [9.17, 15) is 28.5 Å². The average Bonchev–Trinajstić information content (AvgIpc) is 2.56. The maximum atomic E-state index is 13.6. The molecule has 27 heavy (non-hydrogen) atoms. The van der Waals surface area contributed by atoms with E-state index < -0.39 is 29.3 Å². The van der Waals surface area contributed by atoms with Gasteiger partial charge in [-0.1, -0.05) is 58.3 Å². The van der Waals surface area contributed by atoms with Gasteiger partial charge in [0.1, 0.15) is 17.5 Å². The summed E-state index contributed by atoms with van der Waals surface area (Å²) in [6.45, 7) is 2.15. The lowest BCUT2D eigenvalue weighted by molar-refractivity contribution is -0.344. The molecule has 0 aliphatic rings. The Morgan fingerprint density at radius 2 is 1.26 bits per heavy atom. The maximum absolute atomic E-state index is 13.6. The highest BCUT2D eigenvalue weighted by atomic mass is 19.1. The van der Waals surface area contributed by atoms with Crippen LogP contribution in [-0.2, 0) is 6.42 Å². The molecule has 0 aromatic heterocycles. The van der Waals surface area contributed by atoms with Gasteiger partial charge >= 0.3 is 0 Å². The highest BCUT2D eigenvalue weighted by Gasteiger charge is 2.30. The molecule has 1 rings (SSSR count). The third kappa shape index (κ3) is 9.58. The molecule has 3 N–H and O–H groups in total. The minimum Gasteiger partial charge on any atom is -0.343 e. The summed E-state index contributed by atoms with van der Waals surface area (Å²) in [5, 5.41) is 28.6. The summed E-state index contributed by atoms with van der Waals surface area (Å²) < 4.78 is 40.0. The minimum atomic E-state index is -2.70. The first kappa shape index (κ1) is 23.9. The lowest BCUT2D eigenvalue weighted by Crippen LogP contribution is -2.37. The average molecular weight is 390 g/mol. The van der Waals surface area contributed by atoms with E-state index >= 15 is 0 Å². The molecule has 0 heterocycles. The largest absolute Gasteiger partial charge is 0.343 e. The summed E-state index contributed by atoms with van der Waals surface area (Å²) in [6.07, 6.45) is 9.28. The van der Waals surface area contributed by atoms with Crippen molar-refractivity contribution in [3.63, 3.8) is 0 Å². The van der Waals surface area contributed by atoms with Gasteiger partial charge in [0.25, 0.3) is 5.97 Å². The Morgan fingerprint density at radius 3 is 1.78 bits per heavy atom. The molecule has 6 heteroatoms. The predicted octanol–water partition coefficient (Wildman–Crippen LogP) is 5.20. The molecule has 1 aromatic carbocycles. The fraction of sp³-hybridized carbons (Fsp3) is 0.714. The summed E-state index contributed by atoms with van der Waals surface area (Å²) in [5.41, 5.74) is -0.124. The molecule has 156 valence electrons. The van der Waals surface area contributed by atoms with Crippen LogP contribution in [0, 0.1) is 23.4 Å². The van der Waals surface area contributed by atoms with Crippen LogP contribution in [0.5, 0.6) is 0 Å². The van der Waals surface area contributed by atoms with Gasteiger partial charge in [-0.25, -0.2) is 13.2 Å². The van der Waals surface area contributed by atoms with Crippen LogP contribution in [0.25, 0.3) is 0 Å². The molecule has 1 atom stereocenters. The standard InChI is InChI=1S/C21H33F3O3/c1-2-3-4-5-6-8-11-16(21(25,26)27)12-9-7-10-13-18-19(23)14-17(22)15-20(18)24/h14-16,25-27H,2-13H2,1H3. The van der Waals surface area contributed by atoms with E-state index in [0.29, 0.717) is 44.2 Å². The fourth-order valence-electron chi connectivity index (χ4n) is 3.38. The lowest BCUT2D eigenvalue weighted by atomic mass is 9.92. The van der Waals surface area contributed by atoms with E-state index in [-0.39, 0.29) is 12.0 Å². The Labute approximate surface area is 160 Å². The van der Waals surface area contributed by atoms with Crippen LogP contribution < -0.4 is 0 Å². The van der Waals surface area contributed by atoms with Crippen LogP contribution in [0.3, 0.4) is 0 Å². The summed E-state index contributed by atoms with van der Waals surface area (Å²) in [4.78, 5) is 0. The molecule has 0 bridgehead atoms. The predicted molar refractivity (Wildman–Crippen MR) is 99.4 cm³/mol. The zero-order valence-corrected chi connectivity index (χ0v) is 16.2. The number of hydrogen-bond acceptors (Lipinski definition) is 3. The highest BCUT2D eigenvalue weighted by Crippen LogP contribution is 2.26. The Balaban J connectivity index is 2.31.